The smallest absolute Gasteiger partial charge is 0.246 e. The maximum absolute atomic E-state index is 15.1. The van der Waals surface area contributed by atoms with E-state index in [1.165, 1.54) is 11.0 Å². The van der Waals surface area contributed by atoms with Crippen molar-refractivity contribution in [2.24, 2.45) is 16.9 Å². The summed E-state index contributed by atoms with van der Waals surface area (Å²) in [6.07, 6.45) is 1.08. The lowest BCUT2D eigenvalue weighted by Gasteiger charge is -2.35. The van der Waals surface area contributed by atoms with Crippen molar-refractivity contribution in [1.82, 2.24) is 20.5 Å². The zero-order chi connectivity index (χ0) is 38.9. The Bertz CT molecular complexity index is 1730. The van der Waals surface area contributed by atoms with Gasteiger partial charge >= 0.3 is 0 Å². The highest BCUT2D eigenvalue weighted by atomic mass is 32.1. The van der Waals surface area contributed by atoms with Gasteiger partial charge in [-0.05, 0) is 67.7 Å². The van der Waals surface area contributed by atoms with Crippen molar-refractivity contribution in [3.8, 4) is 16.2 Å². The topological polar surface area (TPSA) is 190 Å². The molecule has 5 atom stereocenters. The first-order valence-corrected chi connectivity index (χ1v) is 19.0. The monoisotopic (exact) mass is 752 g/mol. The van der Waals surface area contributed by atoms with E-state index in [4.69, 9.17) is 16.2 Å². The lowest BCUT2D eigenvalue weighted by atomic mass is 9.85. The van der Waals surface area contributed by atoms with Gasteiger partial charge in [-0.25, -0.2) is 9.37 Å². The van der Waals surface area contributed by atoms with Gasteiger partial charge in [-0.15, -0.1) is 11.3 Å². The van der Waals surface area contributed by atoms with Gasteiger partial charge in [-0.3, -0.25) is 19.2 Å². The molecule has 53 heavy (non-hydrogen) atoms. The van der Waals surface area contributed by atoms with Crippen LogP contribution >= 0.6 is 11.3 Å². The van der Waals surface area contributed by atoms with E-state index in [1.54, 1.807) is 23.5 Å². The predicted octanol–water partition coefficient (Wildman–Crippen LogP) is 4.31. The van der Waals surface area contributed by atoms with Gasteiger partial charge in [0.05, 0.1) is 28.2 Å². The number of aromatic nitrogens is 1. The van der Waals surface area contributed by atoms with E-state index < -0.39 is 47.3 Å². The number of likely N-dealkylation sites (tertiary alicyclic amines) is 1. The van der Waals surface area contributed by atoms with Gasteiger partial charge in [0.2, 0.25) is 23.6 Å². The highest BCUT2D eigenvalue weighted by Crippen LogP contribution is 2.30. The summed E-state index contributed by atoms with van der Waals surface area (Å²) in [6.45, 7) is 9.34. The van der Waals surface area contributed by atoms with E-state index in [0.717, 1.165) is 21.7 Å². The third-order valence-corrected chi connectivity index (χ3v) is 10.4. The van der Waals surface area contributed by atoms with Crippen LogP contribution in [0.3, 0.4) is 0 Å². The maximum Gasteiger partial charge on any atom is 0.246 e. The van der Waals surface area contributed by atoms with Crippen molar-refractivity contribution >= 4 is 35.0 Å². The molecule has 1 aliphatic rings. The molecule has 0 spiro atoms. The number of nitrogens with one attached hydrogen (secondary N) is 2. The first kappa shape index (κ1) is 41.4. The van der Waals surface area contributed by atoms with Gasteiger partial charge in [0, 0.05) is 31.8 Å². The predicted molar refractivity (Wildman–Crippen MR) is 202 cm³/mol. The summed E-state index contributed by atoms with van der Waals surface area (Å²) in [7, 11) is 0. The number of unbranched alkanes of at least 4 members (excludes halogenated alkanes) is 1. The molecule has 0 bridgehead atoms. The standard InChI is InChI=1S/C39H53FN6O6S/c1-23(25-13-15-27(16-14-25)35-24(2)43-22-53-35)44-37(50)30-19-29(47)20-46(30)38(51)36(39(3,4)5)45-33(49)12-7-6-9-26-10-8-11-31(34(26)40)52-21-28(41)17-18-32(42)48/h8,10-11,13-16,22-23,28-30,36,47H,6-7,9,12,17-21,41H2,1-5H3,(H2,42,48)(H,44,50)(H,45,49)/t23-,28-,29+,30-,36+/m0/s1. The summed E-state index contributed by atoms with van der Waals surface area (Å²) in [5.74, 6) is -2.06. The van der Waals surface area contributed by atoms with E-state index in [0.29, 0.717) is 31.2 Å². The second kappa shape index (κ2) is 18.6. The number of aliphatic hydroxyl groups excluding tert-OH is 1. The second-order valence-electron chi connectivity index (χ2n) is 14.9. The molecule has 4 amide bonds. The van der Waals surface area contributed by atoms with Crippen LogP contribution < -0.4 is 26.8 Å². The average molecular weight is 753 g/mol. The Labute approximate surface area is 314 Å². The SMILES string of the molecule is Cc1ncsc1-c1ccc([C@H](C)NC(=O)[C@@H]2C[C@@H](O)CN2C(=O)[C@@H](NC(=O)CCCCc2cccc(OC[C@@H](N)CCC(N)=O)c2F)C(C)(C)C)cc1. The fourth-order valence-electron chi connectivity index (χ4n) is 6.32. The number of benzene rings is 2. The first-order valence-electron chi connectivity index (χ1n) is 18.1. The number of aryl methyl sites for hydroxylation is 2. The molecule has 2 aromatic carbocycles. The molecule has 0 saturated carbocycles. The van der Waals surface area contributed by atoms with Gasteiger partial charge in [0.1, 0.15) is 18.7 Å². The van der Waals surface area contributed by atoms with Crippen molar-refractivity contribution in [2.45, 2.75) is 110 Å². The van der Waals surface area contributed by atoms with Crippen molar-refractivity contribution in [1.29, 1.82) is 0 Å². The minimum atomic E-state index is -0.948. The number of β-amino-alcohol motifs (C(OH)–C–C–N with tert-alkyl or cyclic N) is 1. The Balaban J connectivity index is 1.30. The highest BCUT2D eigenvalue weighted by molar-refractivity contribution is 7.13. The number of amides is 4. The van der Waals surface area contributed by atoms with Gasteiger partial charge in [-0.2, -0.15) is 0 Å². The summed E-state index contributed by atoms with van der Waals surface area (Å²) >= 11 is 1.57. The van der Waals surface area contributed by atoms with E-state index in [-0.39, 0.29) is 56.0 Å². The number of carbonyl (C=O) groups is 4. The van der Waals surface area contributed by atoms with Gasteiger partial charge in [0.25, 0.3) is 0 Å². The number of nitrogens with zero attached hydrogens (tertiary/aromatic N) is 2. The van der Waals surface area contributed by atoms with Crippen LogP contribution in [-0.4, -0.2) is 76.0 Å². The van der Waals surface area contributed by atoms with Gasteiger partial charge < -0.3 is 36.8 Å². The summed E-state index contributed by atoms with van der Waals surface area (Å²) < 4.78 is 20.6. The lowest BCUT2D eigenvalue weighted by Crippen LogP contribution is -2.57. The minimum Gasteiger partial charge on any atom is -0.489 e. The molecule has 0 unspecified atom stereocenters. The fraction of sp³-hybridized carbons (Fsp3) is 0.513. The van der Waals surface area contributed by atoms with Gasteiger partial charge in [0.15, 0.2) is 11.6 Å². The largest absolute Gasteiger partial charge is 0.489 e. The van der Waals surface area contributed by atoms with Crippen LogP contribution in [0.15, 0.2) is 48.0 Å². The molecule has 0 aliphatic carbocycles. The number of ether oxygens (including phenoxy) is 1. The van der Waals surface area contributed by atoms with Crippen molar-refractivity contribution in [3.05, 3.63) is 70.6 Å². The number of primary amides is 1. The Hall–Kier alpha value is -4.40. The van der Waals surface area contributed by atoms with Crippen LogP contribution in [0.5, 0.6) is 5.75 Å². The van der Waals surface area contributed by atoms with E-state index in [2.05, 4.69) is 15.6 Å². The number of nitrogens with two attached hydrogens (primary N) is 2. The molecule has 0 radical (unpaired) electrons. The Morgan fingerprint density at radius 1 is 1.09 bits per heavy atom. The molecule has 1 aromatic heterocycles. The van der Waals surface area contributed by atoms with Crippen molar-refractivity contribution < 1.29 is 33.4 Å². The number of rotatable bonds is 17. The number of halogens is 1. The Morgan fingerprint density at radius 2 is 1.81 bits per heavy atom. The molecule has 1 fully saturated rings. The first-order chi connectivity index (χ1) is 25.0. The number of thiazole rings is 1. The zero-order valence-electron chi connectivity index (χ0n) is 31.2. The van der Waals surface area contributed by atoms with E-state index in [1.807, 2.05) is 64.4 Å². The number of aliphatic hydroxyl groups is 1. The summed E-state index contributed by atoms with van der Waals surface area (Å²) in [4.78, 5) is 58.5. The normalized spacial score (nSPS) is 17.5. The quantitative estimate of drug-likeness (QED) is 0.126. The maximum atomic E-state index is 15.1. The van der Waals surface area contributed by atoms with Crippen LogP contribution in [-0.2, 0) is 25.6 Å². The fourth-order valence-corrected chi connectivity index (χ4v) is 7.13. The Kier molecular flexibility index (Phi) is 14.5. The molecule has 1 aliphatic heterocycles. The minimum absolute atomic E-state index is 0.0235. The molecular weight excluding hydrogens is 700 g/mol. The molecule has 3 aromatic rings. The van der Waals surface area contributed by atoms with E-state index in [9.17, 15) is 24.3 Å². The zero-order valence-corrected chi connectivity index (χ0v) is 32.0. The van der Waals surface area contributed by atoms with Crippen molar-refractivity contribution in [3.63, 3.8) is 0 Å². The number of hydrogen-bond donors (Lipinski definition) is 5. The molecule has 14 heteroatoms. The van der Waals surface area contributed by atoms with Crippen molar-refractivity contribution in [2.75, 3.05) is 13.2 Å². The van der Waals surface area contributed by atoms with E-state index >= 15 is 4.39 Å². The molecular formula is C39H53FN6O6S. The summed E-state index contributed by atoms with van der Waals surface area (Å²) in [5.41, 5.74) is 15.5. The molecule has 12 nitrogen and oxygen atoms in total. The number of carbonyl (C=O) groups excluding carboxylic acids is 4. The lowest BCUT2D eigenvalue weighted by molar-refractivity contribution is -0.144. The van der Waals surface area contributed by atoms with Crippen LogP contribution in [0.1, 0.15) is 89.1 Å². The van der Waals surface area contributed by atoms with Crippen LogP contribution in [0.25, 0.3) is 10.4 Å². The average Bonchev–Trinajstić information content (AvgIpc) is 3.72. The molecule has 2 heterocycles. The molecule has 7 N–H and O–H groups in total. The van der Waals surface area contributed by atoms with Gasteiger partial charge in [-0.1, -0.05) is 57.2 Å². The number of hydrogen-bond acceptors (Lipinski definition) is 9. The molecule has 288 valence electrons. The molecule has 4 rings (SSSR count). The van der Waals surface area contributed by atoms with Crippen LogP contribution in [0, 0.1) is 18.2 Å². The Morgan fingerprint density at radius 3 is 2.45 bits per heavy atom. The van der Waals surface area contributed by atoms with Crippen LogP contribution in [0.2, 0.25) is 0 Å². The summed E-state index contributed by atoms with van der Waals surface area (Å²) in [6, 6.07) is 10.1. The third kappa shape index (κ3) is 11.5. The highest BCUT2D eigenvalue weighted by Gasteiger charge is 2.44. The second-order valence-corrected chi connectivity index (χ2v) is 15.7. The molecule has 1 saturated heterocycles. The van der Waals surface area contributed by atoms with Crippen LogP contribution in [0.4, 0.5) is 4.39 Å². The third-order valence-electron chi connectivity index (χ3n) is 9.42. The summed E-state index contributed by atoms with van der Waals surface area (Å²) in [5, 5.41) is 16.5.